The van der Waals surface area contributed by atoms with Crippen molar-refractivity contribution < 1.29 is 14.7 Å². The van der Waals surface area contributed by atoms with Crippen LogP contribution in [0.15, 0.2) is 12.2 Å². The number of rotatable bonds is 52. The van der Waals surface area contributed by atoms with Gasteiger partial charge in [0.05, 0.1) is 12.6 Å². The molecular weight excluding hydrogens is 735 g/mol. The summed E-state index contributed by atoms with van der Waals surface area (Å²) >= 11 is 0. The molecule has 4 heteroatoms. The first-order valence-electron chi connectivity index (χ1n) is 27.7. The number of aliphatic hydroxyl groups is 1. The molecule has 0 saturated heterocycles. The molecule has 1 amide bonds. The minimum absolute atomic E-state index is 0.0595. The lowest BCUT2D eigenvalue weighted by Crippen LogP contribution is -2.37. The Hall–Kier alpha value is -1.16. The minimum atomic E-state index is -0.0686. The number of allylic oxidation sites excluding steroid dienone is 2. The van der Waals surface area contributed by atoms with Crippen molar-refractivity contribution >= 4 is 11.7 Å². The molecule has 0 aliphatic rings. The Kier molecular flexibility index (Phi) is 51.2. The first-order valence-corrected chi connectivity index (χ1v) is 27.7. The minimum Gasteiger partial charge on any atom is -0.394 e. The van der Waals surface area contributed by atoms with Crippen LogP contribution in [0.1, 0.15) is 322 Å². The highest BCUT2D eigenvalue weighted by molar-refractivity contribution is 5.78. The zero-order chi connectivity index (χ0) is 43.5. The smallest absolute Gasteiger partial charge is 0.220 e. The van der Waals surface area contributed by atoms with Crippen LogP contribution in [0.5, 0.6) is 0 Å². The summed E-state index contributed by atoms with van der Waals surface area (Å²) in [6, 6.07) is -0.0686. The fourth-order valence-corrected chi connectivity index (χ4v) is 8.87. The molecular formula is C56H109NO3. The number of amides is 1. The van der Waals surface area contributed by atoms with Crippen molar-refractivity contribution in [1.29, 1.82) is 0 Å². The molecule has 0 fully saturated rings. The maximum absolute atomic E-state index is 12.4. The van der Waals surface area contributed by atoms with Crippen molar-refractivity contribution in [1.82, 2.24) is 5.32 Å². The number of unbranched alkanes of at least 4 members (excludes halogenated alkanes) is 40. The molecule has 0 spiro atoms. The number of Topliss-reactive ketones (excluding diaryl/α,β-unsaturated/α-hetero) is 1. The number of nitrogens with one attached hydrogen (secondary N) is 1. The number of aliphatic hydroxyl groups excluding tert-OH is 1. The van der Waals surface area contributed by atoms with Crippen LogP contribution in [0.2, 0.25) is 0 Å². The van der Waals surface area contributed by atoms with Crippen LogP contribution >= 0.6 is 0 Å². The van der Waals surface area contributed by atoms with E-state index in [2.05, 4.69) is 31.3 Å². The average molecular weight is 844 g/mol. The van der Waals surface area contributed by atoms with Gasteiger partial charge >= 0.3 is 0 Å². The average Bonchev–Trinajstić information content (AvgIpc) is 3.25. The van der Waals surface area contributed by atoms with Gasteiger partial charge in [0.15, 0.2) is 0 Å². The largest absolute Gasteiger partial charge is 0.394 e. The number of ketones is 1. The van der Waals surface area contributed by atoms with Crippen molar-refractivity contribution in [2.45, 2.75) is 328 Å². The van der Waals surface area contributed by atoms with Crippen LogP contribution < -0.4 is 5.32 Å². The highest BCUT2D eigenvalue weighted by atomic mass is 16.3. The molecule has 0 heterocycles. The number of hydrogen-bond donors (Lipinski definition) is 2. The molecule has 2 N–H and O–H groups in total. The molecule has 0 aromatic rings. The van der Waals surface area contributed by atoms with E-state index in [-0.39, 0.29) is 18.6 Å². The highest BCUT2D eigenvalue weighted by Gasteiger charge is 2.11. The van der Waals surface area contributed by atoms with E-state index in [1.54, 1.807) is 0 Å². The second kappa shape index (κ2) is 52.2. The molecule has 0 bridgehead atoms. The second-order valence-electron chi connectivity index (χ2n) is 19.2. The van der Waals surface area contributed by atoms with E-state index in [1.165, 1.54) is 250 Å². The van der Waals surface area contributed by atoms with Gasteiger partial charge in [0.25, 0.3) is 0 Å². The van der Waals surface area contributed by atoms with Crippen molar-refractivity contribution in [2.24, 2.45) is 0 Å². The van der Waals surface area contributed by atoms with Crippen LogP contribution in [0.4, 0.5) is 0 Å². The van der Waals surface area contributed by atoms with Crippen molar-refractivity contribution in [3.05, 3.63) is 12.2 Å². The molecule has 0 aliphatic carbocycles. The van der Waals surface area contributed by atoms with Gasteiger partial charge in [-0.05, 0) is 51.4 Å². The number of carbonyl (C=O) groups is 2. The van der Waals surface area contributed by atoms with Gasteiger partial charge in [-0.3, -0.25) is 9.59 Å². The lowest BCUT2D eigenvalue weighted by atomic mass is 10.0. The topological polar surface area (TPSA) is 66.4 Å². The van der Waals surface area contributed by atoms with Gasteiger partial charge in [-0.25, -0.2) is 0 Å². The fraction of sp³-hybridized carbons (Fsp3) is 0.929. The van der Waals surface area contributed by atoms with E-state index >= 15 is 0 Å². The third-order valence-corrected chi connectivity index (χ3v) is 13.1. The van der Waals surface area contributed by atoms with Crippen LogP contribution in [0.3, 0.4) is 0 Å². The maximum Gasteiger partial charge on any atom is 0.220 e. The fourth-order valence-electron chi connectivity index (χ4n) is 8.87. The van der Waals surface area contributed by atoms with Gasteiger partial charge in [0.1, 0.15) is 5.78 Å². The maximum atomic E-state index is 12.4. The Balaban J connectivity index is 3.36. The Morgan fingerprint density at radius 2 is 0.633 bits per heavy atom. The van der Waals surface area contributed by atoms with Crippen molar-refractivity contribution in [2.75, 3.05) is 6.61 Å². The molecule has 60 heavy (non-hydrogen) atoms. The van der Waals surface area contributed by atoms with Crippen LogP contribution in [0, 0.1) is 0 Å². The zero-order valence-electron chi connectivity index (χ0n) is 41.1. The summed E-state index contributed by atoms with van der Waals surface area (Å²) in [5.41, 5.74) is 0. The lowest BCUT2D eigenvalue weighted by Gasteiger charge is -2.16. The molecule has 4 nitrogen and oxygen atoms in total. The third-order valence-electron chi connectivity index (χ3n) is 13.1. The van der Waals surface area contributed by atoms with Crippen molar-refractivity contribution in [3.63, 3.8) is 0 Å². The summed E-state index contributed by atoms with van der Waals surface area (Å²) < 4.78 is 0. The Bertz CT molecular complexity index is 871. The number of hydrogen-bond acceptors (Lipinski definition) is 3. The van der Waals surface area contributed by atoms with Crippen molar-refractivity contribution in [3.8, 4) is 0 Å². The SMILES string of the molecule is CCCCCCCC/C=C\CCCCCCCCCCCC(=O)CCCCCCCCCCCCCCCC(=O)N[C@@H](CO)CCCCCCCCCCCCCCCC. The van der Waals surface area contributed by atoms with E-state index in [4.69, 9.17) is 0 Å². The predicted octanol–water partition coefficient (Wildman–Crippen LogP) is 18.4. The lowest BCUT2D eigenvalue weighted by molar-refractivity contribution is -0.122. The molecule has 0 aromatic carbocycles. The van der Waals surface area contributed by atoms with E-state index in [9.17, 15) is 14.7 Å². The van der Waals surface area contributed by atoms with E-state index in [1.807, 2.05) is 0 Å². The summed E-state index contributed by atoms with van der Waals surface area (Å²) in [6.07, 6.45) is 65.9. The van der Waals surface area contributed by atoms with Gasteiger partial charge in [0.2, 0.25) is 5.91 Å². The quantitative estimate of drug-likeness (QED) is 0.0473. The summed E-state index contributed by atoms with van der Waals surface area (Å²) in [5.74, 6) is 0.621. The second-order valence-corrected chi connectivity index (χ2v) is 19.2. The van der Waals surface area contributed by atoms with Gasteiger partial charge in [-0.1, -0.05) is 264 Å². The Labute approximate surface area is 377 Å². The van der Waals surface area contributed by atoms with Gasteiger partial charge in [-0.2, -0.15) is 0 Å². The Morgan fingerprint density at radius 3 is 0.950 bits per heavy atom. The first-order chi connectivity index (χ1) is 29.6. The number of carbonyl (C=O) groups excluding carboxylic acids is 2. The normalized spacial score (nSPS) is 12.2. The van der Waals surface area contributed by atoms with E-state index < -0.39 is 0 Å². The highest BCUT2D eigenvalue weighted by Crippen LogP contribution is 2.17. The third kappa shape index (κ3) is 49.5. The molecule has 356 valence electrons. The summed E-state index contributed by atoms with van der Waals surface area (Å²) in [6.45, 7) is 4.63. The molecule has 0 aromatic heterocycles. The van der Waals surface area contributed by atoms with Crippen LogP contribution in [0.25, 0.3) is 0 Å². The molecule has 1 atom stereocenters. The zero-order valence-corrected chi connectivity index (χ0v) is 41.1. The first kappa shape index (κ1) is 58.8. The molecule has 0 unspecified atom stereocenters. The van der Waals surface area contributed by atoms with Gasteiger partial charge < -0.3 is 10.4 Å². The van der Waals surface area contributed by atoms with Crippen LogP contribution in [-0.2, 0) is 9.59 Å². The Morgan fingerprint density at radius 1 is 0.367 bits per heavy atom. The molecule has 0 saturated carbocycles. The monoisotopic (exact) mass is 844 g/mol. The van der Waals surface area contributed by atoms with E-state index in [0.717, 1.165) is 51.4 Å². The standard InChI is InChI=1S/C56H109NO3/c1-3-5-7-9-11-13-15-17-19-20-21-22-23-26-30-34-38-42-46-50-55(59)51-47-43-39-35-31-27-24-28-32-36-40-44-48-52-56(60)57-54(53-58)49-45-41-37-33-29-25-18-16-14-12-10-8-6-4-2/h17,19,54,58H,3-16,18,20-53H2,1-2H3,(H,57,60)/b19-17-/t54-/m1/s1. The van der Waals surface area contributed by atoms with E-state index in [0.29, 0.717) is 12.2 Å². The molecule has 0 radical (unpaired) electrons. The summed E-state index contributed by atoms with van der Waals surface area (Å²) in [7, 11) is 0. The van der Waals surface area contributed by atoms with Gasteiger partial charge in [-0.15, -0.1) is 0 Å². The predicted molar refractivity (Wildman–Crippen MR) is 266 cm³/mol. The summed E-state index contributed by atoms with van der Waals surface area (Å²) in [4.78, 5) is 24.7. The van der Waals surface area contributed by atoms with Crippen LogP contribution in [-0.4, -0.2) is 29.4 Å². The summed E-state index contributed by atoms with van der Waals surface area (Å²) in [5, 5.41) is 12.8. The molecule has 0 rings (SSSR count). The van der Waals surface area contributed by atoms with Gasteiger partial charge in [0, 0.05) is 19.3 Å². The molecule has 0 aliphatic heterocycles.